The molecule has 1 spiro atoms. The predicted octanol–water partition coefficient (Wildman–Crippen LogP) is 2.63. The lowest BCUT2D eigenvalue weighted by Crippen LogP contribution is -2.45. The van der Waals surface area contributed by atoms with E-state index in [1.807, 2.05) is 17.5 Å². The molecule has 1 aliphatic heterocycles. The molecule has 0 unspecified atom stereocenters. The van der Waals surface area contributed by atoms with Gasteiger partial charge in [-0.3, -0.25) is 9.59 Å². The first-order valence-electron chi connectivity index (χ1n) is 7.22. The fourth-order valence-corrected chi connectivity index (χ4v) is 3.98. The van der Waals surface area contributed by atoms with E-state index in [1.54, 1.807) is 11.3 Å². The van der Waals surface area contributed by atoms with Crippen molar-refractivity contribution in [1.29, 1.82) is 0 Å². The Morgan fingerprint density at radius 1 is 1.40 bits per heavy atom. The van der Waals surface area contributed by atoms with Gasteiger partial charge in [0.15, 0.2) is 0 Å². The fourth-order valence-electron chi connectivity index (χ4n) is 3.34. The molecule has 1 amide bonds. The van der Waals surface area contributed by atoms with E-state index in [0.29, 0.717) is 6.54 Å². The van der Waals surface area contributed by atoms with Crippen LogP contribution in [0.1, 0.15) is 43.4 Å². The van der Waals surface area contributed by atoms with Crippen molar-refractivity contribution in [3.8, 4) is 0 Å². The van der Waals surface area contributed by atoms with E-state index in [2.05, 4.69) is 5.32 Å². The molecule has 0 bridgehead atoms. The normalized spacial score (nSPS) is 24.6. The minimum absolute atomic E-state index is 0.0360. The van der Waals surface area contributed by atoms with Crippen LogP contribution in [0, 0.1) is 5.92 Å². The molecular formula is C15H19NO3S. The molecule has 1 aromatic rings. The number of carbonyl (C=O) groups excluding carboxylic acids is 2. The Morgan fingerprint density at radius 2 is 2.20 bits per heavy atom. The van der Waals surface area contributed by atoms with Crippen LogP contribution in [-0.4, -0.2) is 17.5 Å². The molecule has 4 nitrogen and oxygen atoms in total. The molecule has 3 rings (SSSR count). The van der Waals surface area contributed by atoms with Crippen molar-refractivity contribution < 1.29 is 14.3 Å². The van der Waals surface area contributed by atoms with Crippen LogP contribution in [0.5, 0.6) is 0 Å². The van der Waals surface area contributed by atoms with Crippen molar-refractivity contribution >= 4 is 23.2 Å². The van der Waals surface area contributed by atoms with Crippen molar-refractivity contribution in [2.24, 2.45) is 5.92 Å². The molecule has 1 atom stereocenters. The second-order valence-corrected chi connectivity index (χ2v) is 6.69. The van der Waals surface area contributed by atoms with Gasteiger partial charge in [-0.15, -0.1) is 11.3 Å². The molecule has 108 valence electrons. The Balaban J connectivity index is 1.67. The first kappa shape index (κ1) is 13.6. The molecular weight excluding hydrogens is 274 g/mol. The number of nitrogens with one attached hydrogen (secondary N) is 1. The highest BCUT2D eigenvalue weighted by Crippen LogP contribution is 2.44. The van der Waals surface area contributed by atoms with Crippen LogP contribution < -0.4 is 5.32 Å². The lowest BCUT2D eigenvalue weighted by atomic mass is 9.75. The van der Waals surface area contributed by atoms with Gasteiger partial charge in [0.25, 0.3) is 0 Å². The van der Waals surface area contributed by atoms with Crippen LogP contribution in [0.15, 0.2) is 17.5 Å². The van der Waals surface area contributed by atoms with Gasteiger partial charge in [0.1, 0.15) is 5.60 Å². The molecule has 2 fully saturated rings. The Morgan fingerprint density at radius 3 is 2.90 bits per heavy atom. The molecule has 1 N–H and O–H groups in total. The molecule has 5 heteroatoms. The molecule has 20 heavy (non-hydrogen) atoms. The smallest absolute Gasteiger partial charge is 0.307 e. The van der Waals surface area contributed by atoms with Crippen LogP contribution in [0.3, 0.4) is 0 Å². The van der Waals surface area contributed by atoms with Crippen molar-refractivity contribution in [3.63, 3.8) is 0 Å². The monoisotopic (exact) mass is 293 g/mol. The van der Waals surface area contributed by atoms with Gasteiger partial charge in [0, 0.05) is 4.88 Å². The summed E-state index contributed by atoms with van der Waals surface area (Å²) >= 11 is 1.62. The summed E-state index contributed by atoms with van der Waals surface area (Å²) in [6.45, 7) is 0.539. The molecule has 1 aliphatic carbocycles. The van der Waals surface area contributed by atoms with Gasteiger partial charge in [-0.05, 0) is 37.1 Å². The maximum atomic E-state index is 12.4. The minimum atomic E-state index is -0.519. The van der Waals surface area contributed by atoms with Crippen molar-refractivity contribution in [3.05, 3.63) is 22.4 Å². The number of rotatable bonds is 3. The molecule has 0 aromatic carbocycles. The Hall–Kier alpha value is -1.36. The highest BCUT2D eigenvalue weighted by atomic mass is 32.1. The number of thiophene rings is 1. The summed E-state index contributed by atoms with van der Waals surface area (Å²) in [5.74, 6) is -0.565. The summed E-state index contributed by atoms with van der Waals surface area (Å²) in [4.78, 5) is 25.2. The summed E-state index contributed by atoms with van der Waals surface area (Å²) < 4.78 is 5.56. The zero-order valence-corrected chi connectivity index (χ0v) is 12.2. The van der Waals surface area contributed by atoms with Crippen molar-refractivity contribution in [2.75, 3.05) is 0 Å². The maximum absolute atomic E-state index is 12.4. The number of hydrogen-bond acceptors (Lipinski definition) is 4. The Kier molecular flexibility index (Phi) is 3.78. The number of amides is 1. The summed E-state index contributed by atoms with van der Waals surface area (Å²) in [6, 6.07) is 3.97. The third kappa shape index (κ3) is 2.59. The van der Waals surface area contributed by atoms with Gasteiger partial charge in [-0.1, -0.05) is 12.5 Å². The standard InChI is InChI=1S/C15H19NO3S/c17-13-9-12(15(19-13)6-2-1-3-7-15)14(18)16-10-11-5-4-8-20-11/h4-5,8,12H,1-3,6-7,9-10H2,(H,16,18)/t12-/m0/s1. The van der Waals surface area contributed by atoms with Gasteiger partial charge in [-0.2, -0.15) is 0 Å². The summed E-state index contributed by atoms with van der Waals surface area (Å²) in [7, 11) is 0. The fraction of sp³-hybridized carbons (Fsp3) is 0.600. The first-order chi connectivity index (χ1) is 9.70. The molecule has 1 saturated heterocycles. The maximum Gasteiger partial charge on any atom is 0.307 e. The minimum Gasteiger partial charge on any atom is -0.458 e. The van der Waals surface area contributed by atoms with Gasteiger partial charge < -0.3 is 10.1 Å². The second kappa shape index (κ2) is 5.56. The topological polar surface area (TPSA) is 55.4 Å². The highest BCUT2D eigenvalue weighted by Gasteiger charge is 2.52. The van der Waals surface area contributed by atoms with Crippen LogP contribution in [0.4, 0.5) is 0 Å². The third-order valence-electron chi connectivity index (χ3n) is 4.36. The average molecular weight is 293 g/mol. The van der Waals surface area contributed by atoms with Crippen LogP contribution >= 0.6 is 11.3 Å². The number of hydrogen-bond donors (Lipinski definition) is 1. The summed E-state index contributed by atoms with van der Waals surface area (Å²) in [5.41, 5.74) is -0.519. The van der Waals surface area contributed by atoms with E-state index >= 15 is 0 Å². The molecule has 1 aromatic heterocycles. The highest BCUT2D eigenvalue weighted by molar-refractivity contribution is 7.09. The zero-order chi connectivity index (χ0) is 14.0. The molecule has 1 saturated carbocycles. The van der Waals surface area contributed by atoms with E-state index in [9.17, 15) is 9.59 Å². The van der Waals surface area contributed by atoms with E-state index in [4.69, 9.17) is 4.74 Å². The predicted molar refractivity (Wildman–Crippen MR) is 76.2 cm³/mol. The van der Waals surface area contributed by atoms with Crippen molar-refractivity contribution in [1.82, 2.24) is 5.32 Å². The quantitative estimate of drug-likeness (QED) is 0.872. The number of carbonyl (C=O) groups is 2. The Labute approximate surface area is 122 Å². The van der Waals surface area contributed by atoms with E-state index in [1.165, 1.54) is 6.42 Å². The van der Waals surface area contributed by atoms with Gasteiger partial charge in [-0.25, -0.2) is 0 Å². The number of ether oxygens (including phenoxy) is 1. The second-order valence-electron chi connectivity index (χ2n) is 5.65. The zero-order valence-electron chi connectivity index (χ0n) is 11.4. The lowest BCUT2D eigenvalue weighted by molar-refractivity contribution is -0.153. The van der Waals surface area contributed by atoms with Gasteiger partial charge in [0.2, 0.25) is 5.91 Å². The average Bonchev–Trinajstić information content (AvgIpc) is 3.05. The molecule has 0 radical (unpaired) electrons. The number of esters is 1. The molecule has 2 heterocycles. The largest absolute Gasteiger partial charge is 0.458 e. The summed E-state index contributed by atoms with van der Waals surface area (Å²) in [6.07, 6.45) is 5.15. The third-order valence-corrected chi connectivity index (χ3v) is 5.23. The summed E-state index contributed by atoms with van der Waals surface area (Å²) in [5, 5.41) is 4.95. The van der Waals surface area contributed by atoms with Gasteiger partial charge in [0.05, 0.1) is 18.9 Å². The molecule has 2 aliphatic rings. The first-order valence-corrected chi connectivity index (χ1v) is 8.09. The SMILES string of the molecule is O=C1C[C@@H](C(=O)NCc2cccs2)C2(CCCCC2)O1. The van der Waals surface area contributed by atoms with E-state index < -0.39 is 5.60 Å². The van der Waals surface area contributed by atoms with E-state index in [0.717, 1.165) is 30.6 Å². The van der Waals surface area contributed by atoms with E-state index in [-0.39, 0.29) is 24.2 Å². The van der Waals surface area contributed by atoms with Crippen molar-refractivity contribution in [2.45, 2.75) is 50.7 Å². The van der Waals surface area contributed by atoms with Crippen LogP contribution in [-0.2, 0) is 20.9 Å². The van der Waals surface area contributed by atoms with Crippen LogP contribution in [0.2, 0.25) is 0 Å². The van der Waals surface area contributed by atoms with Crippen LogP contribution in [0.25, 0.3) is 0 Å². The lowest BCUT2D eigenvalue weighted by Gasteiger charge is -2.36. The van der Waals surface area contributed by atoms with Gasteiger partial charge >= 0.3 is 5.97 Å². The Bertz CT molecular complexity index is 491.